The zero-order valence-electron chi connectivity index (χ0n) is 9.44. The van der Waals surface area contributed by atoms with Crippen LogP contribution in [0.25, 0.3) is 0 Å². The first kappa shape index (κ1) is 13.3. The Morgan fingerprint density at radius 1 is 1.56 bits per heavy atom. The maximum Gasteiger partial charge on any atom is 0.305 e. The van der Waals surface area contributed by atoms with Gasteiger partial charge in [0.25, 0.3) is 0 Å². The molecule has 0 saturated carbocycles. The molecule has 0 aromatic heterocycles. The van der Waals surface area contributed by atoms with Crippen LogP contribution in [-0.2, 0) is 9.59 Å². The number of nitrogens with one attached hydrogen (secondary N) is 1. The quantitative estimate of drug-likeness (QED) is 0.715. The maximum atomic E-state index is 11.8. The summed E-state index contributed by atoms with van der Waals surface area (Å²) in [6.45, 7) is 3.65. The summed E-state index contributed by atoms with van der Waals surface area (Å²) in [6, 6.07) is -0.151. The summed E-state index contributed by atoms with van der Waals surface area (Å²) in [7, 11) is 0. The van der Waals surface area contributed by atoms with Crippen molar-refractivity contribution in [1.29, 1.82) is 0 Å². The molecule has 1 unspecified atom stereocenters. The molecule has 1 amide bonds. The average molecular weight is 246 g/mol. The standard InChI is InChI=1S/C10H18N2O3S/c1-2-11-6-9(13)12-3-4-16-7-8(12)5-10(14)15/h8,11H,2-7H2,1H3,(H,14,15). The number of carbonyl (C=O) groups is 2. The second kappa shape index (κ2) is 6.75. The van der Waals surface area contributed by atoms with Gasteiger partial charge in [0.2, 0.25) is 5.91 Å². The topological polar surface area (TPSA) is 69.6 Å². The van der Waals surface area contributed by atoms with Gasteiger partial charge >= 0.3 is 5.97 Å². The van der Waals surface area contributed by atoms with Crippen molar-refractivity contribution in [2.45, 2.75) is 19.4 Å². The van der Waals surface area contributed by atoms with E-state index in [0.717, 1.165) is 18.1 Å². The molecule has 1 aliphatic heterocycles. The molecule has 1 aliphatic rings. The molecule has 1 rings (SSSR count). The van der Waals surface area contributed by atoms with Gasteiger partial charge in [-0.3, -0.25) is 9.59 Å². The van der Waals surface area contributed by atoms with E-state index in [1.54, 1.807) is 16.7 Å². The lowest BCUT2D eigenvalue weighted by atomic mass is 10.2. The zero-order valence-corrected chi connectivity index (χ0v) is 10.3. The van der Waals surface area contributed by atoms with Crippen LogP contribution in [0.15, 0.2) is 0 Å². The smallest absolute Gasteiger partial charge is 0.305 e. The molecule has 0 bridgehead atoms. The number of likely N-dealkylation sites (N-methyl/N-ethyl adjacent to an activating group) is 1. The lowest BCUT2D eigenvalue weighted by molar-refractivity contribution is -0.140. The minimum absolute atomic E-state index is 0.00778. The molecule has 2 N–H and O–H groups in total. The van der Waals surface area contributed by atoms with Crippen molar-refractivity contribution in [2.75, 3.05) is 31.1 Å². The Morgan fingerprint density at radius 2 is 2.31 bits per heavy atom. The van der Waals surface area contributed by atoms with Gasteiger partial charge in [0.15, 0.2) is 0 Å². The van der Waals surface area contributed by atoms with Crippen LogP contribution in [0.3, 0.4) is 0 Å². The summed E-state index contributed by atoms with van der Waals surface area (Å²) in [5, 5.41) is 11.8. The van der Waals surface area contributed by atoms with Crippen molar-refractivity contribution >= 4 is 23.6 Å². The Morgan fingerprint density at radius 3 is 2.94 bits per heavy atom. The molecular formula is C10H18N2O3S. The van der Waals surface area contributed by atoms with Gasteiger partial charge in [-0.2, -0.15) is 11.8 Å². The van der Waals surface area contributed by atoms with Crippen LogP contribution in [0.4, 0.5) is 0 Å². The van der Waals surface area contributed by atoms with Gasteiger partial charge in [-0.25, -0.2) is 0 Å². The van der Waals surface area contributed by atoms with E-state index in [0.29, 0.717) is 13.1 Å². The fourth-order valence-corrected chi connectivity index (χ4v) is 2.75. The van der Waals surface area contributed by atoms with E-state index in [1.807, 2.05) is 6.92 Å². The van der Waals surface area contributed by atoms with Gasteiger partial charge in [-0.15, -0.1) is 0 Å². The van der Waals surface area contributed by atoms with E-state index in [1.165, 1.54) is 0 Å². The minimum Gasteiger partial charge on any atom is -0.481 e. The Balaban J connectivity index is 2.51. The normalized spacial score (nSPS) is 20.8. The van der Waals surface area contributed by atoms with Gasteiger partial charge in [0, 0.05) is 18.1 Å². The first-order valence-electron chi connectivity index (χ1n) is 5.45. The Kier molecular flexibility index (Phi) is 5.62. The van der Waals surface area contributed by atoms with Crippen LogP contribution in [0, 0.1) is 0 Å². The highest BCUT2D eigenvalue weighted by Gasteiger charge is 2.28. The van der Waals surface area contributed by atoms with Crippen LogP contribution < -0.4 is 5.32 Å². The molecule has 16 heavy (non-hydrogen) atoms. The van der Waals surface area contributed by atoms with Gasteiger partial charge in [-0.1, -0.05) is 6.92 Å². The highest BCUT2D eigenvalue weighted by atomic mass is 32.2. The summed E-state index contributed by atoms with van der Waals surface area (Å²) >= 11 is 1.71. The third-order valence-electron chi connectivity index (χ3n) is 2.48. The molecule has 0 aromatic carbocycles. The van der Waals surface area contributed by atoms with E-state index < -0.39 is 5.97 Å². The molecule has 6 heteroatoms. The van der Waals surface area contributed by atoms with Crippen LogP contribution in [0.2, 0.25) is 0 Å². The average Bonchev–Trinajstić information content (AvgIpc) is 2.26. The number of carbonyl (C=O) groups excluding carboxylic acids is 1. The SMILES string of the molecule is CCNCC(=O)N1CCSCC1CC(=O)O. The molecule has 1 fully saturated rings. The van der Waals surface area contributed by atoms with E-state index in [2.05, 4.69) is 5.32 Å². The predicted molar refractivity (Wildman–Crippen MR) is 63.6 cm³/mol. The fourth-order valence-electron chi connectivity index (χ4n) is 1.69. The maximum absolute atomic E-state index is 11.8. The summed E-state index contributed by atoms with van der Waals surface area (Å²) in [6.07, 6.45) is 0.0465. The number of rotatable bonds is 5. The Labute approximate surface area is 99.6 Å². The van der Waals surface area contributed by atoms with E-state index in [-0.39, 0.29) is 18.4 Å². The number of amides is 1. The lowest BCUT2D eigenvalue weighted by Gasteiger charge is -2.34. The van der Waals surface area contributed by atoms with Crippen molar-refractivity contribution in [2.24, 2.45) is 0 Å². The summed E-state index contributed by atoms with van der Waals surface area (Å²) in [5.41, 5.74) is 0. The van der Waals surface area contributed by atoms with E-state index in [4.69, 9.17) is 5.11 Å². The first-order chi connectivity index (χ1) is 7.65. The molecule has 1 atom stereocenters. The molecule has 0 aliphatic carbocycles. The van der Waals surface area contributed by atoms with Crippen molar-refractivity contribution in [3.63, 3.8) is 0 Å². The van der Waals surface area contributed by atoms with Crippen molar-refractivity contribution < 1.29 is 14.7 Å². The van der Waals surface area contributed by atoms with Gasteiger partial charge in [0.05, 0.1) is 19.0 Å². The molecular weight excluding hydrogens is 228 g/mol. The summed E-state index contributed by atoms with van der Waals surface area (Å²) in [5.74, 6) is 0.792. The molecule has 1 heterocycles. The molecule has 0 spiro atoms. The van der Waals surface area contributed by atoms with E-state index >= 15 is 0 Å². The monoisotopic (exact) mass is 246 g/mol. The number of hydrogen-bond donors (Lipinski definition) is 2. The molecule has 0 aromatic rings. The highest BCUT2D eigenvalue weighted by Crippen LogP contribution is 2.18. The molecule has 92 valence electrons. The largest absolute Gasteiger partial charge is 0.481 e. The summed E-state index contributed by atoms with van der Waals surface area (Å²) in [4.78, 5) is 24.2. The lowest BCUT2D eigenvalue weighted by Crippen LogP contribution is -2.49. The molecule has 1 saturated heterocycles. The van der Waals surface area contributed by atoms with Crippen molar-refractivity contribution in [3.8, 4) is 0 Å². The second-order valence-electron chi connectivity index (χ2n) is 3.69. The second-order valence-corrected chi connectivity index (χ2v) is 4.84. The number of nitrogens with zero attached hydrogens (tertiary/aromatic N) is 1. The Bertz CT molecular complexity index is 260. The van der Waals surface area contributed by atoms with Gasteiger partial charge in [0.1, 0.15) is 0 Å². The van der Waals surface area contributed by atoms with Crippen LogP contribution in [0.5, 0.6) is 0 Å². The first-order valence-corrected chi connectivity index (χ1v) is 6.60. The number of aliphatic carboxylic acids is 1. The number of thioether (sulfide) groups is 1. The van der Waals surface area contributed by atoms with E-state index in [9.17, 15) is 9.59 Å². The molecule has 0 radical (unpaired) electrons. The summed E-state index contributed by atoms with van der Waals surface area (Å²) < 4.78 is 0. The van der Waals surface area contributed by atoms with Gasteiger partial charge in [-0.05, 0) is 6.54 Å². The number of hydrogen-bond acceptors (Lipinski definition) is 4. The fraction of sp³-hybridized carbons (Fsp3) is 0.800. The zero-order chi connectivity index (χ0) is 12.0. The number of carboxylic acids is 1. The van der Waals surface area contributed by atoms with Crippen molar-refractivity contribution in [1.82, 2.24) is 10.2 Å². The third kappa shape index (κ3) is 4.02. The minimum atomic E-state index is -0.839. The third-order valence-corrected chi connectivity index (χ3v) is 3.58. The van der Waals surface area contributed by atoms with Crippen molar-refractivity contribution in [3.05, 3.63) is 0 Å². The van der Waals surface area contributed by atoms with Crippen LogP contribution in [0.1, 0.15) is 13.3 Å². The predicted octanol–water partition coefficient (Wildman–Crippen LogP) is 0.0146. The number of carboxylic acid groups (broad SMARTS) is 1. The highest BCUT2D eigenvalue weighted by molar-refractivity contribution is 7.99. The Hall–Kier alpha value is -0.750. The molecule has 5 nitrogen and oxygen atoms in total. The van der Waals surface area contributed by atoms with Gasteiger partial charge < -0.3 is 15.3 Å². The van der Waals surface area contributed by atoms with Crippen LogP contribution >= 0.6 is 11.8 Å². The van der Waals surface area contributed by atoms with Crippen LogP contribution in [-0.4, -0.2) is 59.1 Å².